The molecule has 486 valence electrons. The molecule has 0 spiro atoms. The first-order chi connectivity index (χ1) is 43.5. The first kappa shape index (κ1) is 70.2. The molecule has 5 aromatic rings. The summed E-state index contributed by atoms with van der Waals surface area (Å²) in [5.41, 5.74) is 3.82. The average Bonchev–Trinajstić information content (AvgIpc) is 1.84. The number of allylic oxidation sites excluding steroid dienone is 1. The first-order valence-corrected chi connectivity index (χ1v) is 28.8. The standard InChI is InChI=1S/C15H18N2O3.2C13H13FN2O3.C12H13N3O3.C9H12N4O3/c1-9-4-6-11(13(8-9)20-3)14(18)17-12-7-5-10(2)16-15(12)19;1-7-2-3-8(9(14)6-7)12(18)15-10-4-5-11(17)16-13(10)19;1-7-3-2-4-8(11(7)14)12(18)15-9-5-6-10(17)16-13(9)19;1-7-2-3-8(13-6-7)11(17)14-9-4-5-10(16)15-12(9)18;1-5-11-13(9(16)12(5)2)6-3-4-7(14)10-8(6)15/h4,6,8,12H,2,5,7H2,1,3H3,(H,16,19)(H,17,18);2-3,6,10H,4-5H2,1H3,(H,15,18)(H,16,17,19);2-4,9H,5-6H2,1H3,(H,15,18)(H,16,17,19);2-3,6,9H,4-5H2,1H3,(H,14,17)(H,15,16,18);6H,3-4H2,1-2H3,(H,10,14,15). The van der Waals surface area contributed by atoms with E-state index in [1.807, 2.05) is 19.9 Å². The quantitative estimate of drug-likeness (QED) is 0.0898. The number of piperidine rings is 5. The minimum absolute atomic E-state index is 0.107. The number of methoxy groups -OCH3 is 1. The molecular weight excluding hydrogens is 1200 g/mol. The second-order valence-corrected chi connectivity index (χ2v) is 21.7. The van der Waals surface area contributed by atoms with Crippen LogP contribution in [0.5, 0.6) is 5.75 Å². The normalized spacial score (nSPS) is 19.2. The summed E-state index contributed by atoms with van der Waals surface area (Å²) in [6.45, 7) is 12.5. The second kappa shape index (κ2) is 32.0. The summed E-state index contributed by atoms with van der Waals surface area (Å²) in [7, 11) is 3.11. The fourth-order valence-corrected chi connectivity index (χ4v) is 9.24. The molecule has 92 heavy (non-hydrogen) atoms. The van der Waals surface area contributed by atoms with E-state index in [2.05, 4.69) is 64.5 Å². The van der Waals surface area contributed by atoms with E-state index in [-0.39, 0.29) is 96.5 Å². The van der Waals surface area contributed by atoms with E-state index in [1.54, 1.807) is 76.5 Å². The number of carbonyl (C=O) groups excluding carboxylic acids is 13. The number of halogens is 2. The van der Waals surface area contributed by atoms with Gasteiger partial charge in [0.05, 0.1) is 23.8 Å². The van der Waals surface area contributed by atoms with Gasteiger partial charge in [-0.25, -0.2) is 18.3 Å². The number of aromatic nitrogens is 4. The van der Waals surface area contributed by atoms with E-state index in [4.69, 9.17) is 4.74 Å². The molecule has 7 heterocycles. The van der Waals surface area contributed by atoms with Crippen LogP contribution in [0.4, 0.5) is 8.78 Å². The molecule has 5 saturated heterocycles. The van der Waals surface area contributed by atoms with Gasteiger partial charge in [0, 0.05) is 44.6 Å². The third kappa shape index (κ3) is 19.3. The molecule has 10 rings (SSSR count). The fraction of sp³-hybridized carbons (Fsp3) is 0.355. The highest BCUT2D eigenvalue weighted by molar-refractivity contribution is 6.06. The molecule has 13 amide bonds. The van der Waals surface area contributed by atoms with Gasteiger partial charge in [-0.1, -0.05) is 36.9 Å². The molecular formula is C62H69F2N13O15. The van der Waals surface area contributed by atoms with Crippen LogP contribution in [0.1, 0.15) is 140 Å². The van der Waals surface area contributed by atoms with E-state index in [0.717, 1.165) is 15.8 Å². The molecule has 3 aromatic carbocycles. The van der Waals surface area contributed by atoms with Crippen LogP contribution < -0.4 is 58.3 Å². The third-order valence-corrected chi connectivity index (χ3v) is 14.6. The van der Waals surface area contributed by atoms with Gasteiger partial charge in [0.1, 0.15) is 59.1 Å². The van der Waals surface area contributed by atoms with Crippen molar-refractivity contribution in [1.82, 2.24) is 67.2 Å². The topological polar surface area (TPSA) is 392 Å². The molecule has 0 saturated carbocycles. The molecule has 0 bridgehead atoms. The first-order valence-electron chi connectivity index (χ1n) is 28.8. The zero-order chi connectivity index (χ0) is 67.7. The van der Waals surface area contributed by atoms with Crippen molar-refractivity contribution in [2.75, 3.05) is 7.11 Å². The van der Waals surface area contributed by atoms with Gasteiger partial charge >= 0.3 is 5.69 Å². The summed E-state index contributed by atoms with van der Waals surface area (Å²) in [5, 5.41) is 25.4. The van der Waals surface area contributed by atoms with Crippen LogP contribution in [0.25, 0.3) is 0 Å². The Balaban J connectivity index is 0.000000183. The lowest BCUT2D eigenvalue weighted by molar-refractivity contribution is -0.137. The van der Waals surface area contributed by atoms with Crippen LogP contribution in [0, 0.1) is 46.3 Å². The van der Waals surface area contributed by atoms with E-state index in [1.165, 1.54) is 29.9 Å². The molecule has 9 N–H and O–H groups in total. The Morgan fingerprint density at radius 3 is 1.43 bits per heavy atom. The zero-order valence-electron chi connectivity index (χ0n) is 51.3. The largest absolute Gasteiger partial charge is 0.496 e. The molecule has 5 fully saturated rings. The molecule has 2 aromatic heterocycles. The molecule has 5 aliphatic heterocycles. The Morgan fingerprint density at radius 2 is 0.978 bits per heavy atom. The summed E-state index contributed by atoms with van der Waals surface area (Å²) in [6.07, 6.45) is 4.69. The van der Waals surface area contributed by atoms with Crippen molar-refractivity contribution >= 4 is 76.8 Å². The predicted molar refractivity (Wildman–Crippen MR) is 321 cm³/mol. The van der Waals surface area contributed by atoms with Crippen molar-refractivity contribution in [1.29, 1.82) is 0 Å². The summed E-state index contributed by atoms with van der Waals surface area (Å²) in [6, 6.07) is 13.9. The Morgan fingerprint density at radius 1 is 0.533 bits per heavy atom. The van der Waals surface area contributed by atoms with E-state index in [0.29, 0.717) is 59.6 Å². The number of benzene rings is 3. The maximum Gasteiger partial charge on any atom is 0.346 e. The Bertz CT molecular complexity index is 3830. The number of pyridine rings is 1. The van der Waals surface area contributed by atoms with Crippen LogP contribution in [0.3, 0.4) is 0 Å². The van der Waals surface area contributed by atoms with Crippen LogP contribution in [-0.2, 0) is 50.2 Å². The lowest BCUT2D eigenvalue weighted by Crippen LogP contribution is -2.52. The number of aryl methyl sites for hydroxylation is 5. The lowest BCUT2D eigenvalue weighted by atomic mass is 10.0. The number of rotatable bonds is 10. The average molecular weight is 1270 g/mol. The molecule has 5 atom stereocenters. The second-order valence-electron chi connectivity index (χ2n) is 21.7. The molecule has 0 radical (unpaired) electrons. The van der Waals surface area contributed by atoms with Crippen LogP contribution in [0.2, 0.25) is 0 Å². The smallest absolute Gasteiger partial charge is 0.346 e. The number of nitrogens with one attached hydrogen (secondary N) is 9. The molecule has 30 heteroatoms. The Kier molecular flexibility index (Phi) is 24.4. The summed E-state index contributed by atoms with van der Waals surface area (Å²) < 4.78 is 35.1. The van der Waals surface area contributed by atoms with E-state index >= 15 is 0 Å². The van der Waals surface area contributed by atoms with Crippen molar-refractivity contribution < 1.29 is 75.8 Å². The predicted octanol–water partition coefficient (Wildman–Crippen LogP) is 1.66. The number of hydrogen-bond donors (Lipinski definition) is 9. The van der Waals surface area contributed by atoms with Gasteiger partial charge in [0.25, 0.3) is 29.5 Å². The summed E-state index contributed by atoms with van der Waals surface area (Å²) >= 11 is 0. The molecule has 5 aliphatic rings. The van der Waals surface area contributed by atoms with Crippen molar-refractivity contribution in [3.05, 3.63) is 158 Å². The van der Waals surface area contributed by atoms with Crippen molar-refractivity contribution in [2.24, 2.45) is 7.05 Å². The minimum atomic E-state index is -0.801. The van der Waals surface area contributed by atoms with E-state index < -0.39 is 83.2 Å². The monoisotopic (exact) mass is 1270 g/mol. The SMILES string of the molecule is C=C1CCC(NC(=O)c2ccc(C)cc2OC)C(=O)N1.Cc1ccc(C(=O)NC2CCC(=O)NC2=O)c(F)c1.Cc1ccc(C(=O)NC2CCC(=O)NC2=O)nc1.Cc1cccc(C(=O)NC2CCC(=O)NC2=O)c1F.Cc1nn(C2CCC(=O)NC2=O)c(=O)n1C. The van der Waals surface area contributed by atoms with Gasteiger partial charge in [-0.05, 0) is 132 Å². The minimum Gasteiger partial charge on any atom is -0.496 e. The van der Waals surface area contributed by atoms with Gasteiger partial charge < -0.3 is 31.3 Å². The number of amides is 13. The third-order valence-electron chi connectivity index (χ3n) is 14.6. The highest BCUT2D eigenvalue weighted by atomic mass is 19.1. The number of carbonyl (C=O) groups is 13. The number of hydrogen-bond acceptors (Lipinski definition) is 17. The number of imide groups is 4. The van der Waals surface area contributed by atoms with Crippen molar-refractivity contribution in [3.63, 3.8) is 0 Å². The molecule has 28 nitrogen and oxygen atoms in total. The lowest BCUT2D eigenvalue weighted by Gasteiger charge is -2.24. The van der Waals surface area contributed by atoms with Crippen molar-refractivity contribution in [2.45, 2.75) is 129 Å². The highest BCUT2D eigenvalue weighted by Gasteiger charge is 2.34. The van der Waals surface area contributed by atoms with E-state index in [9.17, 15) is 75.9 Å². The number of nitrogens with zero attached hydrogens (tertiary/aromatic N) is 4. The van der Waals surface area contributed by atoms with Crippen LogP contribution in [-0.4, -0.2) is 127 Å². The van der Waals surface area contributed by atoms with Gasteiger partial charge in [-0.15, -0.1) is 0 Å². The fourth-order valence-electron chi connectivity index (χ4n) is 9.24. The Labute approximate surface area is 524 Å². The van der Waals surface area contributed by atoms with Crippen LogP contribution in [0.15, 0.2) is 90.0 Å². The zero-order valence-corrected chi connectivity index (χ0v) is 51.3. The summed E-state index contributed by atoms with van der Waals surface area (Å²) in [4.78, 5) is 165. The highest BCUT2D eigenvalue weighted by Crippen LogP contribution is 2.22. The van der Waals surface area contributed by atoms with Gasteiger partial charge in [0.15, 0.2) is 0 Å². The maximum absolute atomic E-state index is 13.7. The van der Waals surface area contributed by atoms with Gasteiger partial charge in [-0.3, -0.25) is 93.1 Å². The summed E-state index contributed by atoms with van der Waals surface area (Å²) in [5.74, 6) is -5.84. The maximum atomic E-state index is 13.7. The van der Waals surface area contributed by atoms with Gasteiger partial charge in [-0.2, -0.15) is 5.10 Å². The number of ether oxygens (including phenoxy) is 1. The Hall–Kier alpha value is -10.9. The van der Waals surface area contributed by atoms with Gasteiger partial charge in [0.2, 0.25) is 47.3 Å². The van der Waals surface area contributed by atoms with Crippen molar-refractivity contribution in [3.8, 4) is 5.75 Å². The molecule has 5 unspecified atom stereocenters. The van der Waals surface area contributed by atoms with Crippen LogP contribution >= 0.6 is 0 Å². The molecule has 0 aliphatic carbocycles.